The predicted molar refractivity (Wildman–Crippen MR) is 81.3 cm³/mol. The Morgan fingerprint density at radius 1 is 1.35 bits per heavy atom. The summed E-state index contributed by atoms with van der Waals surface area (Å²) in [4.78, 5) is 4.20. The SMILES string of the molecule is CCC(Nc1cnccc1C)c1ccc2c(c1)CCO2. The molecule has 2 heterocycles. The zero-order chi connectivity index (χ0) is 13.9. The number of nitrogens with one attached hydrogen (secondary N) is 1. The molecule has 3 rings (SSSR count). The third-order valence-corrected chi connectivity index (χ3v) is 3.89. The van der Waals surface area contributed by atoms with Gasteiger partial charge in [0.2, 0.25) is 0 Å². The summed E-state index contributed by atoms with van der Waals surface area (Å²) in [5, 5.41) is 3.60. The smallest absolute Gasteiger partial charge is 0.122 e. The molecule has 0 spiro atoms. The van der Waals surface area contributed by atoms with Gasteiger partial charge in [-0.1, -0.05) is 13.0 Å². The summed E-state index contributed by atoms with van der Waals surface area (Å²) in [6, 6.07) is 8.87. The molecule has 0 bridgehead atoms. The maximum Gasteiger partial charge on any atom is 0.122 e. The molecule has 0 amide bonds. The number of pyridine rings is 1. The first-order chi connectivity index (χ1) is 9.78. The second-order valence-electron chi connectivity index (χ2n) is 5.26. The van der Waals surface area contributed by atoms with Gasteiger partial charge in [-0.2, -0.15) is 0 Å². The first-order valence-corrected chi connectivity index (χ1v) is 7.20. The minimum atomic E-state index is 0.309. The number of aromatic nitrogens is 1. The van der Waals surface area contributed by atoms with Crippen molar-refractivity contribution in [2.75, 3.05) is 11.9 Å². The third-order valence-electron chi connectivity index (χ3n) is 3.89. The van der Waals surface area contributed by atoms with Crippen molar-refractivity contribution in [1.29, 1.82) is 0 Å². The molecule has 1 aliphatic heterocycles. The molecular formula is C17H20N2O. The Bertz CT molecular complexity index is 610. The fourth-order valence-corrected chi connectivity index (χ4v) is 2.65. The van der Waals surface area contributed by atoms with Crippen molar-refractivity contribution in [2.24, 2.45) is 0 Å². The standard InChI is InChI=1S/C17H20N2O/c1-3-15(19-16-11-18-8-6-12(16)2)13-4-5-17-14(10-13)7-9-20-17/h4-6,8,10-11,15,19H,3,7,9H2,1-2H3. The number of anilines is 1. The van der Waals surface area contributed by atoms with Crippen molar-refractivity contribution in [3.05, 3.63) is 53.3 Å². The second-order valence-corrected chi connectivity index (χ2v) is 5.26. The molecule has 3 heteroatoms. The number of ether oxygens (including phenoxy) is 1. The Morgan fingerprint density at radius 2 is 2.25 bits per heavy atom. The maximum absolute atomic E-state index is 5.57. The molecule has 0 saturated heterocycles. The number of fused-ring (bicyclic) bond motifs is 1. The number of benzene rings is 1. The molecule has 1 unspecified atom stereocenters. The highest BCUT2D eigenvalue weighted by atomic mass is 16.5. The molecule has 1 aromatic heterocycles. The number of nitrogens with zero attached hydrogens (tertiary/aromatic N) is 1. The molecule has 20 heavy (non-hydrogen) atoms. The number of rotatable bonds is 4. The van der Waals surface area contributed by atoms with E-state index in [0.29, 0.717) is 6.04 Å². The molecule has 2 aromatic rings. The van der Waals surface area contributed by atoms with E-state index in [4.69, 9.17) is 4.74 Å². The van der Waals surface area contributed by atoms with Crippen LogP contribution in [0.15, 0.2) is 36.7 Å². The summed E-state index contributed by atoms with van der Waals surface area (Å²) in [6.45, 7) is 5.12. The van der Waals surface area contributed by atoms with Crippen LogP contribution in [0.3, 0.4) is 0 Å². The van der Waals surface area contributed by atoms with Gasteiger partial charge in [-0.05, 0) is 48.2 Å². The van der Waals surface area contributed by atoms with E-state index >= 15 is 0 Å². The minimum Gasteiger partial charge on any atom is -0.493 e. The van der Waals surface area contributed by atoms with E-state index in [2.05, 4.69) is 42.3 Å². The Hall–Kier alpha value is -2.03. The topological polar surface area (TPSA) is 34.2 Å². The van der Waals surface area contributed by atoms with Crippen LogP contribution in [0.1, 0.15) is 36.1 Å². The van der Waals surface area contributed by atoms with Crippen molar-refractivity contribution < 1.29 is 4.74 Å². The largest absolute Gasteiger partial charge is 0.493 e. The molecule has 104 valence electrons. The van der Waals surface area contributed by atoms with Crippen molar-refractivity contribution >= 4 is 5.69 Å². The van der Waals surface area contributed by atoms with E-state index in [9.17, 15) is 0 Å². The molecule has 0 aliphatic carbocycles. The maximum atomic E-state index is 5.57. The number of hydrogen-bond donors (Lipinski definition) is 1. The first kappa shape index (κ1) is 13.0. The summed E-state index contributed by atoms with van der Waals surface area (Å²) < 4.78 is 5.57. The Kier molecular flexibility index (Phi) is 3.59. The summed E-state index contributed by atoms with van der Waals surface area (Å²) in [5.74, 6) is 1.04. The van der Waals surface area contributed by atoms with Gasteiger partial charge in [0.25, 0.3) is 0 Å². The highest BCUT2D eigenvalue weighted by Gasteiger charge is 2.16. The lowest BCUT2D eigenvalue weighted by molar-refractivity contribution is 0.357. The first-order valence-electron chi connectivity index (χ1n) is 7.20. The quantitative estimate of drug-likeness (QED) is 0.913. The summed E-state index contributed by atoms with van der Waals surface area (Å²) in [6.07, 6.45) is 5.78. The number of aryl methyl sites for hydroxylation is 1. The predicted octanol–water partition coefficient (Wildman–Crippen LogP) is 3.89. The average molecular weight is 268 g/mol. The molecular weight excluding hydrogens is 248 g/mol. The fourth-order valence-electron chi connectivity index (χ4n) is 2.65. The van der Waals surface area contributed by atoms with E-state index < -0.39 is 0 Å². The molecule has 1 atom stereocenters. The third kappa shape index (κ3) is 2.48. The molecule has 0 radical (unpaired) electrons. The molecule has 3 nitrogen and oxygen atoms in total. The van der Waals surface area contributed by atoms with E-state index in [-0.39, 0.29) is 0 Å². The van der Waals surface area contributed by atoms with Crippen LogP contribution in [0.2, 0.25) is 0 Å². The molecule has 0 fully saturated rings. The number of hydrogen-bond acceptors (Lipinski definition) is 3. The van der Waals surface area contributed by atoms with Crippen LogP contribution < -0.4 is 10.1 Å². The monoisotopic (exact) mass is 268 g/mol. The normalized spacial score (nSPS) is 14.5. The van der Waals surface area contributed by atoms with Gasteiger partial charge in [0.15, 0.2) is 0 Å². The van der Waals surface area contributed by atoms with Crippen LogP contribution in [0.5, 0.6) is 5.75 Å². The van der Waals surface area contributed by atoms with Gasteiger partial charge in [0, 0.05) is 12.6 Å². The lowest BCUT2D eigenvalue weighted by Gasteiger charge is -2.20. The van der Waals surface area contributed by atoms with Gasteiger partial charge >= 0.3 is 0 Å². The van der Waals surface area contributed by atoms with Crippen LogP contribution in [0, 0.1) is 6.92 Å². The van der Waals surface area contributed by atoms with Crippen LogP contribution in [0.25, 0.3) is 0 Å². The lowest BCUT2D eigenvalue weighted by atomic mass is 10.0. The van der Waals surface area contributed by atoms with E-state index in [1.54, 1.807) is 0 Å². The minimum absolute atomic E-state index is 0.309. The molecule has 1 N–H and O–H groups in total. The van der Waals surface area contributed by atoms with Gasteiger partial charge in [-0.25, -0.2) is 0 Å². The van der Waals surface area contributed by atoms with E-state index in [1.807, 2.05) is 18.5 Å². The van der Waals surface area contributed by atoms with Gasteiger partial charge < -0.3 is 10.1 Å². The highest BCUT2D eigenvalue weighted by molar-refractivity contribution is 5.51. The average Bonchev–Trinajstić information content (AvgIpc) is 2.94. The van der Waals surface area contributed by atoms with Gasteiger partial charge in [0.05, 0.1) is 24.5 Å². The summed E-state index contributed by atoms with van der Waals surface area (Å²) in [5.41, 5.74) is 4.98. The summed E-state index contributed by atoms with van der Waals surface area (Å²) >= 11 is 0. The Balaban J connectivity index is 1.85. The van der Waals surface area contributed by atoms with Gasteiger partial charge in [-0.3, -0.25) is 4.98 Å². The van der Waals surface area contributed by atoms with Crippen molar-refractivity contribution in [1.82, 2.24) is 4.98 Å². The highest BCUT2D eigenvalue weighted by Crippen LogP contribution is 2.31. The van der Waals surface area contributed by atoms with Crippen LogP contribution in [0.4, 0.5) is 5.69 Å². The van der Waals surface area contributed by atoms with Crippen molar-refractivity contribution in [3.8, 4) is 5.75 Å². The molecule has 0 saturated carbocycles. The van der Waals surface area contributed by atoms with E-state index in [1.165, 1.54) is 16.7 Å². The van der Waals surface area contributed by atoms with Gasteiger partial charge in [0.1, 0.15) is 5.75 Å². The molecule has 1 aliphatic rings. The van der Waals surface area contributed by atoms with Crippen LogP contribution in [-0.4, -0.2) is 11.6 Å². The van der Waals surface area contributed by atoms with Gasteiger partial charge in [-0.15, -0.1) is 0 Å². The van der Waals surface area contributed by atoms with Crippen LogP contribution in [-0.2, 0) is 6.42 Å². The zero-order valence-corrected chi connectivity index (χ0v) is 12.0. The fraction of sp³-hybridized carbons (Fsp3) is 0.353. The lowest BCUT2D eigenvalue weighted by Crippen LogP contribution is -2.11. The van der Waals surface area contributed by atoms with Crippen molar-refractivity contribution in [2.45, 2.75) is 32.7 Å². The summed E-state index contributed by atoms with van der Waals surface area (Å²) in [7, 11) is 0. The Morgan fingerprint density at radius 3 is 3.05 bits per heavy atom. The van der Waals surface area contributed by atoms with Crippen LogP contribution >= 0.6 is 0 Å². The van der Waals surface area contributed by atoms with E-state index in [0.717, 1.165) is 30.9 Å². The Labute approximate surface area is 120 Å². The van der Waals surface area contributed by atoms with Crippen molar-refractivity contribution in [3.63, 3.8) is 0 Å². The second kappa shape index (κ2) is 5.53. The zero-order valence-electron chi connectivity index (χ0n) is 12.0. The molecule has 1 aromatic carbocycles.